The smallest absolute Gasteiger partial charge is 0.128 e. The topological polar surface area (TPSA) is 83.6 Å². The minimum absolute atomic E-state index is 0.120. The van der Waals surface area contributed by atoms with Crippen molar-refractivity contribution in [1.29, 1.82) is 0 Å². The van der Waals surface area contributed by atoms with Crippen LogP contribution in [0.5, 0.6) is 23.0 Å². The summed E-state index contributed by atoms with van der Waals surface area (Å²) >= 11 is 0. The fourth-order valence-electron chi connectivity index (χ4n) is 2.66. The van der Waals surface area contributed by atoms with Gasteiger partial charge in [-0.2, -0.15) is 0 Å². The van der Waals surface area contributed by atoms with Crippen LogP contribution >= 0.6 is 0 Å². The van der Waals surface area contributed by atoms with E-state index in [4.69, 9.17) is 19.5 Å². The Morgan fingerprint density at radius 2 is 1.09 bits per heavy atom. The summed E-state index contributed by atoms with van der Waals surface area (Å²) in [4.78, 5) is 9.42. The van der Waals surface area contributed by atoms with Gasteiger partial charge in [0.15, 0.2) is 0 Å². The van der Waals surface area contributed by atoms with Crippen LogP contribution in [-0.2, 0) is 0 Å². The van der Waals surface area contributed by atoms with Crippen LogP contribution < -0.4 is 9.47 Å². The van der Waals surface area contributed by atoms with Crippen molar-refractivity contribution in [2.75, 3.05) is 13.2 Å². The molecule has 0 fully saturated rings. The highest BCUT2D eigenvalue weighted by Crippen LogP contribution is 2.31. The molecule has 0 amide bonds. The average molecular weight is 441 g/mol. The number of benzene rings is 2. The van der Waals surface area contributed by atoms with Crippen molar-refractivity contribution >= 4 is 12.4 Å². The van der Waals surface area contributed by atoms with E-state index >= 15 is 0 Å². The minimum atomic E-state index is -0.576. The van der Waals surface area contributed by atoms with E-state index in [2.05, 4.69) is 0 Å². The third kappa shape index (κ3) is 6.74. The van der Waals surface area contributed by atoms with Crippen LogP contribution in [0.15, 0.2) is 46.4 Å². The van der Waals surface area contributed by atoms with Crippen LogP contribution in [0.4, 0.5) is 0 Å². The lowest BCUT2D eigenvalue weighted by Crippen LogP contribution is -2.42. The Labute approximate surface area is 191 Å². The van der Waals surface area contributed by atoms with Crippen molar-refractivity contribution in [3.63, 3.8) is 0 Å². The fourth-order valence-corrected chi connectivity index (χ4v) is 2.66. The van der Waals surface area contributed by atoms with Crippen molar-refractivity contribution in [2.45, 2.75) is 65.5 Å². The number of aliphatic imine (C=N–C) groups is 2. The molecule has 0 saturated heterocycles. The lowest BCUT2D eigenvalue weighted by atomic mass is 9.83. The van der Waals surface area contributed by atoms with E-state index in [0.717, 1.165) is 12.8 Å². The van der Waals surface area contributed by atoms with Crippen LogP contribution in [0.25, 0.3) is 0 Å². The summed E-state index contributed by atoms with van der Waals surface area (Å²) < 4.78 is 11.1. The molecule has 0 radical (unpaired) electrons. The van der Waals surface area contributed by atoms with Crippen LogP contribution in [-0.4, -0.2) is 46.9 Å². The number of phenolic OH excluding ortho intramolecular Hbond substituents is 2. The summed E-state index contributed by atoms with van der Waals surface area (Å²) in [6.07, 6.45) is 5.13. The van der Waals surface area contributed by atoms with Gasteiger partial charge in [0, 0.05) is 35.7 Å². The van der Waals surface area contributed by atoms with Gasteiger partial charge >= 0.3 is 0 Å². The van der Waals surface area contributed by atoms with Gasteiger partial charge in [-0.3, -0.25) is 9.98 Å². The molecule has 0 saturated carbocycles. The predicted octanol–water partition coefficient (Wildman–Crippen LogP) is 5.77. The maximum absolute atomic E-state index is 10.3. The van der Waals surface area contributed by atoms with E-state index in [9.17, 15) is 10.2 Å². The Morgan fingerprint density at radius 1 is 0.719 bits per heavy atom. The predicted molar refractivity (Wildman–Crippen MR) is 131 cm³/mol. The monoisotopic (exact) mass is 440 g/mol. The molecular weight excluding hydrogens is 404 g/mol. The Morgan fingerprint density at radius 3 is 1.41 bits per heavy atom. The molecule has 0 atom stereocenters. The van der Waals surface area contributed by atoms with Crippen molar-refractivity contribution in [3.8, 4) is 23.0 Å². The van der Waals surface area contributed by atoms with Crippen LogP contribution in [0, 0.1) is 0 Å². The summed E-state index contributed by atoms with van der Waals surface area (Å²) in [6.45, 7) is 13.2. The molecule has 6 nitrogen and oxygen atoms in total. The maximum atomic E-state index is 10.3. The first-order chi connectivity index (χ1) is 15.1. The van der Waals surface area contributed by atoms with Gasteiger partial charge in [-0.15, -0.1) is 0 Å². The molecule has 0 spiro atoms. The first kappa shape index (κ1) is 25.2. The first-order valence-electron chi connectivity index (χ1n) is 11.1. The minimum Gasteiger partial charge on any atom is -0.507 e. The van der Waals surface area contributed by atoms with E-state index in [1.807, 2.05) is 53.7 Å². The largest absolute Gasteiger partial charge is 0.507 e. The zero-order valence-electron chi connectivity index (χ0n) is 20.1. The molecule has 0 aliphatic heterocycles. The van der Waals surface area contributed by atoms with Crippen molar-refractivity contribution in [1.82, 2.24) is 0 Å². The molecule has 0 aliphatic rings. The number of hydrogen-bond donors (Lipinski definition) is 2. The standard InChI is InChI=1S/C26H36N2O4/c1-7-13-31-21-11-9-19(23(29)15-21)17-27-25(3,4)26(5,6)28-18-20-10-12-22(16-24(20)30)32-14-8-2/h9-12,15-18,29-30H,7-8,13-14H2,1-6H3. The molecule has 0 aliphatic carbocycles. The lowest BCUT2D eigenvalue weighted by molar-refractivity contribution is 0.314. The van der Waals surface area contributed by atoms with E-state index in [-0.39, 0.29) is 11.5 Å². The molecule has 2 aromatic rings. The normalized spacial score (nSPS) is 12.6. The Balaban J connectivity index is 2.15. The molecule has 0 heterocycles. The van der Waals surface area contributed by atoms with Gasteiger partial charge in [0.1, 0.15) is 23.0 Å². The van der Waals surface area contributed by atoms with E-state index < -0.39 is 11.1 Å². The fraction of sp³-hybridized carbons (Fsp3) is 0.462. The molecule has 0 unspecified atom stereocenters. The number of aromatic hydroxyl groups is 2. The second kappa shape index (κ2) is 11.0. The molecule has 2 N–H and O–H groups in total. The van der Waals surface area contributed by atoms with E-state index in [0.29, 0.717) is 35.8 Å². The Bertz CT molecular complexity index is 871. The number of nitrogens with zero attached hydrogens (tertiary/aromatic N) is 2. The van der Waals surface area contributed by atoms with E-state index in [1.54, 1.807) is 36.7 Å². The van der Waals surface area contributed by atoms with Crippen LogP contribution in [0.1, 0.15) is 65.5 Å². The zero-order valence-corrected chi connectivity index (χ0v) is 20.1. The third-order valence-electron chi connectivity index (χ3n) is 5.50. The summed E-state index contributed by atoms with van der Waals surface area (Å²) in [5, 5.41) is 20.6. The zero-order chi connectivity index (χ0) is 23.8. The average Bonchev–Trinajstić information content (AvgIpc) is 2.74. The molecule has 2 rings (SSSR count). The second-order valence-electron chi connectivity index (χ2n) is 8.77. The summed E-state index contributed by atoms with van der Waals surface area (Å²) in [6, 6.07) is 10.4. The quantitative estimate of drug-likeness (QED) is 0.435. The Kier molecular flexibility index (Phi) is 8.70. The van der Waals surface area contributed by atoms with Crippen LogP contribution in [0.3, 0.4) is 0 Å². The van der Waals surface area contributed by atoms with Gasteiger partial charge in [-0.05, 0) is 64.8 Å². The Hall–Kier alpha value is -3.02. The first-order valence-corrected chi connectivity index (χ1v) is 11.1. The third-order valence-corrected chi connectivity index (χ3v) is 5.50. The number of ether oxygens (including phenoxy) is 2. The van der Waals surface area contributed by atoms with Crippen molar-refractivity contribution in [2.24, 2.45) is 9.98 Å². The lowest BCUT2D eigenvalue weighted by Gasteiger charge is -2.35. The number of rotatable bonds is 11. The summed E-state index contributed by atoms with van der Waals surface area (Å²) in [7, 11) is 0. The van der Waals surface area contributed by atoms with Gasteiger partial charge < -0.3 is 19.7 Å². The second-order valence-corrected chi connectivity index (χ2v) is 8.77. The highest BCUT2D eigenvalue weighted by Gasteiger charge is 2.35. The van der Waals surface area contributed by atoms with Gasteiger partial charge in [-0.1, -0.05) is 13.8 Å². The summed E-state index contributed by atoms with van der Waals surface area (Å²) in [5.41, 5.74) is 0.0734. The highest BCUT2D eigenvalue weighted by molar-refractivity contribution is 5.85. The highest BCUT2D eigenvalue weighted by atomic mass is 16.5. The molecular formula is C26H36N2O4. The number of phenols is 2. The summed E-state index contributed by atoms with van der Waals surface area (Å²) in [5.74, 6) is 1.51. The van der Waals surface area contributed by atoms with Crippen LogP contribution in [0.2, 0.25) is 0 Å². The molecule has 6 heteroatoms. The number of hydrogen-bond acceptors (Lipinski definition) is 6. The van der Waals surface area contributed by atoms with Gasteiger partial charge in [0.25, 0.3) is 0 Å². The van der Waals surface area contributed by atoms with Gasteiger partial charge in [0.05, 0.1) is 24.3 Å². The van der Waals surface area contributed by atoms with E-state index in [1.165, 1.54) is 0 Å². The van der Waals surface area contributed by atoms with Crippen molar-refractivity contribution < 1.29 is 19.7 Å². The SMILES string of the molecule is CCCOc1ccc(C=NC(C)(C)C(C)(C)N=Cc2ccc(OCCC)cc2O)c(O)c1. The maximum Gasteiger partial charge on any atom is 0.128 e. The molecule has 0 aromatic heterocycles. The molecule has 2 aromatic carbocycles. The molecule has 174 valence electrons. The van der Waals surface area contributed by atoms with Gasteiger partial charge in [0.2, 0.25) is 0 Å². The molecule has 32 heavy (non-hydrogen) atoms. The van der Waals surface area contributed by atoms with Crippen molar-refractivity contribution in [3.05, 3.63) is 47.5 Å². The van der Waals surface area contributed by atoms with Gasteiger partial charge in [-0.25, -0.2) is 0 Å². The molecule has 0 bridgehead atoms.